The van der Waals surface area contributed by atoms with Gasteiger partial charge in [0.15, 0.2) is 0 Å². The van der Waals surface area contributed by atoms with Crippen molar-refractivity contribution in [3.05, 3.63) is 107 Å². The molecule has 0 spiro atoms. The molecule has 1 heterocycles. The Balaban J connectivity index is 1.50. The molecule has 3 aromatic carbocycles. The lowest BCUT2D eigenvalue weighted by Crippen LogP contribution is -2.08. The fourth-order valence-corrected chi connectivity index (χ4v) is 3.13. The standard InChI is InChI=1S/C25H18ClN3O4/c1-32-25(31)21-7-2-3-8-22(21)33-20-6-4-5-16(13-20)23(30)24-27-14-19(15-28-24)29-18-11-9-17(26)10-12-18/h2-15,29H,1H3. The van der Waals surface area contributed by atoms with Crippen LogP contribution in [0.4, 0.5) is 11.4 Å². The Morgan fingerprint density at radius 2 is 1.61 bits per heavy atom. The summed E-state index contributed by atoms with van der Waals surface area (Å²) < 4.78 is 10.6. The number of hydrogen-bond acceptors (Lipinski definition) is 7. The molecule has 0 amide bonds. The molecule has 4 aromatic rings. The van der Waals surface area contributed by atoms with Crippen molar-refractivity contribution >= 4 is 34.7 Å². The van der Waals surface area contributed by atoms with E-state index in [0.717, 1.165) is 5.69 Å². The van der Waals surface area contributed by atoms with Crippen LogP contribution in [0.25, 0.3) is 0 Å². The molecule has 0 saturated carbocycles. The second-order valence-corrected chi connectivity index (χ2v) is 7.31. The number of para-hydroxylation sites is 1. The molecule has 0 unspecified atom stereocenters. The summed E-state index contributed by atoms with van der Waals surface area (Å²) in [6, 6.07) is 20.5. The largest absolute Gasteiger partial charge is 0.465 e. The van der Waals surface area contributed by atoms with Crippen molar-refractivity contribution in [2.24, 2.45) is 0 Å². The van der Waals surface area contributed by atoms with Crippen molar-refractivity contribution in [3.8, 4) is 11.5 Å². The van der Waals surface area contributed by atoms with E-state index in [1.807, 2.05) is 12.1 Å². The van der Waals surface area contributed by atoms with Gasteiger partial charge in [0.05, 0.1) is 25.2 Å². The monoisotopic (exact) mass is 459 g/mol. The second kappa shape index (κ2) is 9.93. The van der Waals surface area contributed by atoms with Gasteiger partial charge >= 0.3 is 5.97 Å². The first kappa shape index (κ1) is 22.0. The average Bonchev–Trinajstić information content (AvgIpc) is 2.85. The maximum atomic E-state index is 12.9. The van der Waals surface area contributed by atoms with Crippen molar-refractivity contribution in [1.29, 1.82) is 0 Å². The Kier molecular flexibility index (Phi) is 6.61. The highest BCUT2D eigenvalue weighted by molar-refractivity contribution is 6.30. The number of esters is 1. The number of halogens is 1. The van der Waals surface area contributed by atoms with E-state index < -0.39 is 5.97 Å². The molecule has 0 bridgehead atoms. The number of carbonyl (C=O) groups excluding carboxylic acids is 2. The average molecular weight is 460 g/mol. The molecule has 0 atom stereocenters. The van der Waals surface area contributed by atoms with Crippen LogP contribution in [0.15, 0.2) is 85.2 Å². The second-order valence-electron chi connectivity index (χ2n) is 6.87. The summed E-state index contributed by atoms with van der Waals surface area (Å²) in [5, 5.41) is 3.78. The minimum Gasteiger partial charge on any atom is -0.465 e. The van der Waals surface area contributed by atoms with Gasteiger partial charge in [-0.2, -0.15) is 0 Å². The summed E-state index contributed by atoms with van der Waals surface area (Å²) in [5.41, 5.74) is 2.08. The van der Waals surface area contributed by atoms with Gasteiger partial charge in [0.1, 0.15) is 17.1 Å². The summed E-state index contributed by atoms with van der Waals surface area (Å²) in [6.07, 6.45) is 3.06. The molecule has 0 saturated heterocycles. The van der Waals surface area contributed by atoms with Crippen molar-refractivity contribution < 1.29 is 19.1 Å². The van der Waals surface area contributed by atoms with Crippen LogP contribution in [0.2, 0.25) is 5.02 Å². The number of ketones is 1. The molecular formula is C25H18ClN3O4. The highest BCUT2D eigenvalue weighted by Crippen LogP contribution is 2.27. The van der Waals surface area contributed by atoms with E-state index in [9.17, 15) is 9.59 Å². The fourth-order valence-electron chi connectivity index (χ4n) is 3.00. The van der Waals surface area contributed by atoms with Crippen molar-refractivity contribution in [2.75, 3.05) is 12.4 Å². The molecule has 0 aliphatic carbocycles. The van der Waals surface area contributed by atoms with Gasteiger partial charge in [-0.15, -0.1) is 0 Å². The van der Waals surface area contributed by atoms with Crippen LogP contribution < -0.4 is 10.1 Å². The number of carbonyl (C=O) groups is 2. The number of methoxy groups -OCH3 is 1. The van der Waals surface area contributed by atoms with E-state index in [2.05, 4.69) is 15.3 Å². The number of benzene rings is 3. The molecule has 0 fully saturated rings. The number of rotatable bonds is 7. The number of nitrogens with one attached hydrogen (secondary N) is 1. The van der Waals surface area contributed by atoms with Crippen LogP contribution in [0.1, 0.15) is 26.5 Å². The minimum atomic E-state index is -0.515. The number of aromatic nitrogens is 2. The first-order valence-electron chi connectivity index (χ1n) is 9.88. The summed E-state index contributed by atoms with van der Waals surface area (Å²) in [7, 11) is 1.30. The molecule has 1 N–H and O–H groups in total. The molecule has 164 valence electrons. The Hall–Kier alpha value is -4.23. The Bertz CT molecular complexity index is 1290. The number of anilines is 2. The first-order chi connectivity index (χ1) is 16.0. The normalized spacial score (nSPS) is 10.4. The third-order valence-electron chi connectivity index (χ3n) is 4.60. The van der Waals surface area contributed by atoms with E-state index in [4.69, 9.17) is 21.1 Å². The van der Waals surface area contributed by atoms with Gasteiger partial charge < -0.3 is 14.8 Å². The highest BCUT2D eigenvalue weighted by Gasteiger charge is 2.16. The molecule has 0 aliphatic heterocycles. The smallest absolute Gasteiger partial charge is 0.341 e. The number of nitrogens with zero attached hydrogens (tertiary/aromatic N) is 2. The topological polar surface area (TPSA) is 90.4 Å². The summed E-state index contributed by atoms with van der Waals surface area (Å²) in [6.45, 7) is 0. The molecule has 4 rings (SSSR count). The van der Waals surface area contributed by atoms with Crippen LogP contribution in [-0.2, 0) is 4.74 Å². The van der Waals surface area contributed by atoms with Crippen molar-refractivity contribution in [1.82, 2.24) is 9.97 Å². The van der Waals surface area contributed by atoms with E-state index in [1.54, 1.807) is 60.7 Å². The summed E-state index contributed by atoms with van der Waals surface area (Å²) in [4.78, 5) is 33.2. The molecule has 1 aromatic heterocycles. The van der Waals surface area contributed by atoms with E-state index in [-0.39, 0.29) is 17.2 Å². The van der Waals surface area contributed by atoms with Crippen LogP contribution in [0.5, 0.6) is 11.5 Å². The Morgan fingerprint density at radius 1 is 0.879 bits per heavy atom. The third kappa shape index (κ3) is 5.34. The molecular weight excluding hydrogens is 442 g/mol. The molecule has 8 heteroatoms. The zero-order valence-electron chi connectivity index (χ0n) is 17.5. The number of ether oxygens (including phenoxy) is 2. The molecule has 7 nitrogen and oxygen atoms in total. The van der Waals surface area contributed by atoms with Gasteiger partial charge in [-0.05, 0) is 48.5 Å². The van der Waals surface area contributed by atoms with Crippen LogP contribution in [0, 0.1) is 0 Å². The quantitative estimate of drug-likeness (QED) is 0.280. The molecule has 0 aliphatic rings. The molecule has 0 radical (unpaired) electrons. The van der Waals surface area contributed by atoms with Gasteiger partial charge in [0.25, 0.3) is 0 Å². The summed E-state index contributed by atoms with van der Waals surface area (Å²) >= 11 is 5.89. The number of hydrogen-bond donors (Lipinski definition) is 1. The van der Waals surface area contributed by atoms with Crippen LogP contribution in [-0.4, -0.2) is 28.8 Å². The maximum Gasteiger partial charge on any atom is 0.341 e. The lowest BCUT2D eigenvalue weighted by atomic mass is 10.1. The van der Waals surface area contributed by atoms with E-state index in [1.165, 1.54) is 19.5 Å². The van der Waals surface area contributed by atoms with Crippen LogP contribution >= 0.6 is 11.6 Å². The maximum absolute atomic E-state index is 12.9. The van der Waals surface area contributed by atoms with E-state index in [0.29, 0.717) is 27.8 Å². The van der Waals surface area contributed by atoms with Crippen LogP contribution in [0.3, 0.4) is 0 Å². The van der Waals surface area contributed by atoms with Gasteiger partial charge in [0, 0.05) is 16.3 Å². The Morgan fingerprint density at radius 3 is 2.33 bits per heavy atom. The van der Waals surface area contributed by atoms with Crippen molar-refractivity contribution in [3.63, 3.8) is 0 Å². The zero-order valence-corrected chi connectivity index (χ0v) is 18.2. The first-order valence-corrected chi connectivity index (χ1v) is 10.3. The predicted octanol–water partition coefficient (Wildman–Crippen LogP) is 5.68. The minimum absolute atomic E-state index is 0.0452. The Labute approximate surface area is 195 Å². The van der Waals surface area contributed by atoms with Gasteiger partial charge in [-0.1, -0.05) is 35.9 Å². The van der Waals surface area contributed by atoms with Gasteiger partial charge in [0.2, 0.25) is 11.6 Å². The lowest BCUT2D eigenvalue weighted by molar-refractivity contribution is 0.0597. The lowest BCUT2D eigenvalue weighted by Gasteiger charge is -2.10. The zero-order chi connectivity index (χ0) is 23.2. The summed E-state index contributed by atoms with van der Waals surface area (Å²) in [5.74, 6) is -0.122. The van der Waals surface area contributed by atoms with Gasteiger partial charge in [-0.25, -0.2) is 14.8 Å². The van der Waals surface area contributed by atoms with E-state index >= 15 is 0 Å². The van der Waals surface area contributed by atoms with Crippen molar-refractivity contribution in [2.45, 2.75) is 0 Å². The molecule has 33 heavy (non-hydrogen) atoms. The SMILES string of the molecule is COC(=O)c1ccccc1Oc1cccc(C(=O)c2ncc(Nc3ccc(Cl)cc3)cn2)c1. The predicted molar refractivity (Wildman–Crippen MR) is 124 cm³/mol. The van der Waals surface area contributed by atoms with Gasteiger partial charge in [-0.3, -0.25) is 4.79 Å². The fraction of sp³-hybridized carbons (Fsp3) is 0.0400. The third-order valence-corrected chi connectivity index (χ3v) is 4.86. The highest BCUT2D eigenvalue weighted by atomic mass is 35.5.